The molecule has 0 saturated heterocycles. The number of nitriles is 1. The predicted octanol–water partition coefficient (Wildman–Crippen LogP) is 7.06. The number of para-hydroxylation sites is 2. The van der Waals surface area contributed by atoms with Crippen LogP contribution in [0.5, 0.6) is 0 Å². The van der Waals surface area contributed by atoms with Crippen molar-refractivity contribution in [3.05, 3.63) is 69.2 Å². The first kappa shape index (κ1) is 19.6. The maximum Gasteiger partial charge on any atom is 0.157 e. The maximum atomic E-state index is 9.88. The van der Waals surface area contributed by atoms with E-state index in [2.05, 4.69) is 18.3 Å². The lowest BCUT2D eigenvalue weighted by Crippen LogP contribution is -2.08. The molecule has 0 aliphatic rings. The summed E-state index contributed by atoms with van der Waals surface area (Å²) >= 11 is 12.3. The van der Waals surface area contributed by atoms with Gasteiger partial charge in [0, 0.05) is 5.69 Å². The summed E-state index contributed by atoms with van der Waals surface area (Å²) in [6, 6.07) is 15.8. The highest BCUT2D eigenvalue weighted by Crippen LogP contribution is 2.35. The molecular weight excluding hydrogens is 403 g/mol. The van der Waals surface area contributed by atoms with E-state index in [1.54, 1.807) is 6.07 Å². The van der Waals surface area contributed by atoms with Crippen LogP contribution in [0.1, 0.15) is 36.5 Å². The second kappa shape index (κ2) is 7.94. The third-order valence-corrected chi connectivity index (χ3v) is 5.94. The molecule has 146 valence electrons. The molecule has 0 bridgehead atoms. The molecule has 29 heavy (non-hydrogen) atoms. The van der Waals surface area contributed by atoms with Gasteiger partial charge in [0.25, 0.3) is 0 Å². The molecule has 4 nitrogen and oxygen atoms in total. The Morgan fingerprint density at radius 1 is 1.14 bits per heavy atom. The van der Waals surface area contributed by atoms with Crippen molar-refractivity contribution < 1.29 is 0 Å². The number of pyridine rings is 1. The van der Waals surface area contributed by atoms with E-state index in [1.807, 2.05) is 47.7 Å². The Labute approximate surface area is 179 Å². The Balaban J connectivity index is 2.05. The summed E-state index contributed by atoms with van der Waals surface area (Å²) < 4.78 is 2.05. The summed E-state index contributed by atoms with van der Waals surface area (Å²) in [4.78, 5) is 4.76. The minimum absolute atomic E-state index is 0.490. The highest BCUT2D eigenvalue weighted by atomic mass is 35.5. The number of rotatable bonds is 5. The summed E-state index contributed by atoms with van der Waals surface area (Å²) in [6.07, 6.45) is 2.96. The second-order valence-electron chi connectivity index (χ2n) is 7.06. The van der Waals surface area contributed by atoms with Crippen molar-refractivity contribution in [2.45, 2.75) is 33.1 Å². The Hall–Kier alpha value is -2.74. The molecule has 4 rings (SSSR count). The van der Waals surface area contributed by atoms with Crippen molar-refractivity contribution in [2.24, 2.45) is 0 Å². The maximum absolute atomic E-state index is 9.88. The van der Waals surface area contributed by atoms with Crippen LogP contribution in [0.4, 0.5) is 11.5 Å². The monoisotopic (exact) mass is 422 g/mol. The molecule has 2 aromatic heterocycles. The van der Waals surface area contributed by atoms with E-state index < -0.39 is 0 Å². The van der Waals surface area contributed by atoms with E-state index in [9.17, 15) is 5.26 Å². The van der Waals surface area contributed by atoms with E-state index in [-0.39, 0.29) is 0 Å². The van der Waals surface area contributed by atoms with Gasteiger partial charge in [-0.15, -0.1) is 0 Å². The molecule has 0 fully saturated rings. The summed E-state index contributed by atoms with van der Waals surface area (Å²) in [5, 5.41) is 14.4. The molecule has 0 atom stereocenters. The number of imidazole rings is 1. The Kier molecular flexibility index (Phi) is 5.36. The van der Waals surface area contributed by atoms with Gasteiger partial charge in [-0.1, -0.05) is 48.7 Å². The van der Waals surface area contributed by atoms with Crippen LogP contribution in [0, 0.1) is 18.3 Å². The molecule has 1 N–H and O–H groups in total. The van der Waals surface area contributed by atoms with Crippen LogP contribution in [0.25, 0.3) is 16.7 Å². The van der Waals surface area contributed by atoms with Gasteiger partial charge >= 0.3 is 0 Å². The number of benzene rings is 2. The molecule has 0 aliphatic heterocycles. The van der Waals surface area contributed by atoms with Gasteiger partial charge < -0.3 is 5.32 Å². The number of fused-ring (bicyclic) bond motifs is 3. The van der Waals surface area contributed by atoms with Crippen LogP contribution < -0.4 is 5.32 Å². The Morgan fingerprint density at radius 3 is 2.66 bits per heavy atom. The van der Waals surface area contributed by atoms with Crippen molar-refractivity contribution >= 4 is 51.4 Å². The third-order valence-electron chi connectivity index (χ3n) is 5.20. The molecule has 2 aromatic carbocycles. The molecule has 0 amide bonds. The summed E-state index contributed by atoms with van der Waals surface area (Å²) in [5.74, 6) is 0.914. The molecule has 0 radical (unpaired) electrons. The minimum atomic E-state index is 0.490. The van der Waals surface area contributed by atoms with E-state index in [4.69, 9.17) is 28.2 Å². The topological polar surface area (TPSA) is 53.1 Å². The van der Waals surface area contributed by atoms with Crippen LogP contribution in [0.3, 0.4) is 0 Å². The molecular formula is C23H20Cl2N4. The van der Waals surface area contributed by atoms with Gasteiger partial charge in [-0.25, -0.2) is 4.98 Å². The van der Waals surface area contributed by atoms with Crippen molar-refractivity contribution in [3.63, 3.8) is 0 Å². The van der Waals surface area contributed by atoms with Crippen LogP contribution in [-0.2, 0) is 6.42 Å². The smallest absolute Gasteiger partial charge is 0.157 e. The molecule has 6 heteroatoms. The number of anilines is 2. The first-order chi connectivity index (χ1) is 14.0. The first-order valence-electron chi connectivity index (χ1n) is 9.60. The van der Waals surface area contributed by atoms with E-state index in [0.717, 1.165) is 52.9 Å². The predicted molar refractivity (Wildman–Crippen MR) is 121 cm³/mol. The summed E-state index contributed by atoms with van der Waals surface area (Å²) in [6.45, 7) is 4.17. The van der Waals surface area contributed by atoms with Crippen molar-refractivity contribution in [3.8, 4) is 6.07 Å². The summed E-state index contributed by atoms with van der Waals surface area (Å²) in [7, 11) is 0. The largest absolute Gasteiger partial charge is 0.341 e. The van der Waals surface area contributed by atoms with Crippen molar-refractivity contribution in [2.75, 3.05) is 5.32 Å². The van der Waals surface area contributed by atoms with Crippen LogP contribution in [0.2, 0.25) is 10.0 Å². The fourth-order valence-corrected chi connectivity index (χ4v) is 3.98. The van der Waals surface area contributed by atoms with Crippen LogP contribution in [-0.4, -0.2) is 9.38 Å². The molecule has 0 spiro atoms. The van der Waals surface area contributed by atoms with Gasteiger partial charge in [-0.3, -0.25) is 4.40 Å². The normalized spacial score (nSPS) is 11.1. The van der Waals surface area contributed by atoms with Crippen LogP contribution in [0.15, 0.2) is 42.5 Å². The quantitative estimate of drug-likeness (QED) is 0.374. The average Bonchev–Trinajstić information content (AvgIpc) is 3.09. The van der Waals surface area contributed by atoms with E-state index >= 15 is 0 Å². The fourth-order valence-electron chi connectivity index (χ4n) is 3.69. The number of aromatic nitrogens is 2. The Morgan fingerprint density at radius 2 is 1.93 bits per heavy atom. The molecule has 0 unspecified atom stereocenters. The first-order valence-corrected chi connectivity index (χ1v) is 10.4. The third kappa shape index (κ3) is 3.42. The lowest BCUT2D eigenvalue weighted by molar-refractivity contribution is 0.788. The molecule has 4 aromatic rings. The van der Waals surface area contributed by atoms with Gasteiger partial charge in [-0.2, -0.15) is 5.26 Å². The summed E-state index contributed by atoms with van der Waals surface area (Å²) in [5.41, 5.74) is 6.00. The Bertz CT molecular complexity index is 1270. The molecule has 0 aliphatic carbocycles. The minimum Gasteiger partial charge on any atom is -0.341 e. The van der Waals surface area contributed by atoms with Gasteiger partial charge in [0.15, 0.2) is 5.65 Å². The molecule has 2 heterocycles. The standard InChI is InChI=1S/C23H20Cl2N4/c1-3-4-7-16-14(2)17(13-26)23-28-20-8-5-6-9-21(20)29(23)22(16)27-15-10-11-18(24)19(25)12-15/h5-6,8-12,27H,3-4,7H2,1-2H3. The van der Waals surface area contributed by atoms with Gasteiger partial charge in [0.2, 0.25) is 0 Å². The number of nitrogens with zero attached hydrogens (tertiary/aromatic N) is 3. The SMILES string of the molecule is CCCCc1c(C)c(C#N)c2nc3ccccc3n2c1Nc1ccc(Cl)c(Cl)c1. The van der Waals surface area contributed by atoms with E-state index in [0.29, 0.717) is 21.3 Å². The fraction of sp³-hybridized carbons (Fsp3) is 0.217. The van der Waals surface area contributed by atoms with Crippen molar-refractivity contribution in [1.82, 2.24) is 9.38 Å². The lowest BCUT2D eigenvalue weighted by Gasteiger charge is -2.19. The lowest BCUT2D eigenvalue weighted by atomic mass is 9.99. The zero-order valence-corrected chi connectivity index (χ0v) is 17.8. The van der Waals surface area contributed by atoms with Gasteiger partial charge in [0.1, 0.15) is 11.9 Å². The van der Waals surface area contributed by atoms with Crippen molar-refractivity contribution in [1.29, 1.82) is 5.26 Å². The number of hydrogen-bond donors (Lipinski definition) is 1. The van der Waals surface area contributed by atoms with Crippen LogP contribution >= 0.6 is 23.2 Å². The van der Waals surface area contributed by atoms with Gasteiger partial charge in [-0.05, 0) is 61.2 Å². The zero-order chi connectivity index (χ0) is 20.5. The van der Waals surface area contributed by atoms with Gasteiger partial charge in [0.05, 0.1) is 26.6 Å². The molecule has 0 saturated carbocycles. The number of hydrogen-bond acceptors (Lipinski definition) is 3. The number of unbranched alkanes of at least 4 members (excludes halogenated alkanes) is 1. The average molecular weight is 423 g/mol. The zero-order valence-electron chi connectivity index (χ0n) is 16.3. The second-order valence-corrected chi connectivity index (χ2v) is 7.87. The highest BCUT2D eigenvalue weighted by molar-refractivity contribution is 6.42. The number of nitrogens with one attached hydrogen (secondary N) is 1. The highest BCUT2D eigenvalue weighted by Gasteiger charge is 2.20. The number of halogens is 2. The van der Waals surface area contributed by atoms with E-state index in [1.165, 1.54) is 0 Å².